The van der Waals surface area contributed by atoms with Gasteiger partial charge < -0.3 is 9.88 Å². The summed E-state index contributed by atoms with van der Waals surface area (Å²) in [5.74, 6) is 0. The van der Waals surface area contributed by atoms with Gasteiger partial charge in [-0.2, -0.15) is 0 Å². The van der Waals surface area contributed by atoms with E-state index in [0.29, 0.717) is 6.04 Å². The van der Waals surface area contributed by atoms with Crippen LogP contribution in [-0.2, 0) is 0 Å². The first kappa shape index (κ1) is 13.0. The molecule has 0 spiro atoms. The monoisotopic (exact) mass is 332 g/mol. The molecule has 1 N–H and O–H groups in total. The Labute approximate surface area is 151 Å². The fraction of sp³-hybridized carbons (Fsp3) is 0.0833. The van der Waals surface area contributed by atoms with Crippen molar-refractivity contribution in [3.63, 3.8) is 0 Å². The highest BCUT2D eigenvalue weighted by atomic mass is 15.1. The largest absolute Gasteiger partial charge is 0.375 e. The predicted molar refractivity (Wildman–Crippen MR) is 109 cm³/mol. The van der Waals surface area contributed by atoms with Gasteiger partial charge in [-0.15, -0.1) is 0 Å². The number of rotatable bonds is 0. The summed E-state index contributed by atoms with van der Waals surface area (Å²) in [6.45, 7) is 0. The summed E-state index contributed by atoms with van der Waals surface area (Å²) in [5, 5.41) is 6.50. The molecule has 2 heteroatoms. The highest BCUT2D eigenvalue weighted by molar-refractivity contribution is 6.22. The van der Waals surface area contributed by atoms with Crippen molar-refractivity contribution >= 4 is 38.8 Å². The van der Waals surface area contributed by atoms with Crippen LogP contribution in [0.15, 0.2) is 72.8 Å². The van der Waals surface area contributed by atoms with Gasteiger partial charge in [0.15, 0.2) is 0 Å². The first-order valence-electron chi connectivity index (χ1n) is 9.25. The summed E-state index contributed by atoms with van der Waals surface area (Å²) < 4.78 is 2.55. The van der Waals surface area contributed by atoms with Gasteiger partial charge >= 0.3 is 0 Å². The Morgan fingerprint density at radius 1 is 0.769 bits per heavy atom. The molecule has 7 rings (SSSR count). The van der Waals surface area contributed by atoms with E-state index in [1.807, 2.05) is 0 Å². The van der Waals surface area contributed by atoms with Gasteiger partial charge in [0.05, 0.1) is 28.5 Å². The molecule has 1 atom stereocenters. The number of hydrogen-bond donors (Lipinski definition) is 1. The molecule has 0 bridgehead atoms. The topological polar surface area (TPSA) is 17.0 Å². The van der Waals surface area contributed by atoms with Crippen LogP contribution in [0.4, 0.5) is 5.69 Å². The summed E-state index contributed by atoms with van der Waals surface area (Å²) >= 11 is 0. The molecule has 4 aromatic rings. The van der Waals surface area contributed by atoms with E-state index >= 15 is 0 Å². The zero-order valence-corrected chi connectivity index (χ0v) is 14.2. The Bertz CT molecular complexity index is 1330. The molecule has 0 fully saturated rings. The van der Waals surface area contributed by atoms with Crippen molar-refractivity contribution in [2.24, 2.45) is 0 Å². The van der Waals surface area contributed by atoms with Crippen LogP contribution in [0.2, 0.25) is 0 Å². The first-order chi connectivity index (χ1) is 12.9. The van der Waals surface area contributed by atoms with Crippen LogP contribution in [0, 0.1) is 0 Å². The smallest absolute Gasteiger partial charge is 0.0771 e. The van der Waals surface area contributed by atoms with Crippen LogP contribution in [0.25, 0.3) is 44.2 Å². The molecule has 1 unspecified atom stereocenters. The Morgan fingerprint density at radius 3 is 2.46 bits per heavy atom. The quantitative estimate of drug-likeness (QED) is 0.424. The zero-order chi connectivity index (χ0) is 16.8. The number of nitrogens with zero attached hydrogens (tertiary/aromatic N) is 1. The number of allylic oxidation sites excluding steroid dienone is 2. The van der Waals surface area contributed by atoms with E-state index in [-0.39, 0.29) is 0 Å². The van der Waals surface area contributed by atoms with Crippen LogP contribution in [0.3, 0.4) is 0 Å². The van der Waals surface area contributed by atoms with E-state index in [4.69, 9.17) is 0 Å². The van der Waals surface area contributed by atoms with Crippen molar-refractivity contribution in [2.45, 2.75) is 12.5 Å². The minimum Gasteiger partial charge on any atom is -0.375 e. The molecule has 3 heterocycles. The number of nitrogens with one attached hydrogen (secondary N) is 1. The minimum absolute atomic E-state index is 0.322. The lowest BCUT2D eigenvalue weighted by Crippen LogP contribution is -2.29. The van der Waals surface area contributed by atoms with Gasteiger partial charge in [-0.3, -0.25) is 0 Å². The van der Waals surface area contributed by atoms with E-state index in [0.717, 1.165) is 6.42 Å². The maximum atomic E-state index is 3.81. The van der Waals surface area contributed by atoms with Crippen LogP contribution in [0.5, 0.6) is 0 Å². The van der Waals surface area contributed by atoms with Crippen molar-refractivity contribution in [2.75, 3.05) is 5.32 Å². The summed E-state index contributed by atoms with van der Waals surface area (Å²) in [5.41, 5.74) is 10.7. The lowest BCUT2D eigenvalue weighted by atomic mass is 9.88. The van der Waals surface area contributed by atoms with Crippen LogP contribution >= 0.6 is 0 Å². The number of aromatic nitrogens is 1. The fourth-order valence-electron chi connectivity index (χ4n) is 5.17. The Kier molecular flexibility index (Phi) is 2.14. The maximum absolute atomic E-state index is 3.81. The van der Waals surface area contributed by atoms with Gasteiger partial charge in [0.2, 0.25) is 0 Å². The summed E-state index contributed by atoms with van der Waals surface area (Å²) in [4.78, 5) is 0. The predicted octanol–water partition coefficient (Wildman–Crippen LogP) is 5.90. The summed E-state index contributed by atoms with van der Waals surface area (Å²) in [6, 6.07) is 22.6. The average Bonchev–Trinajstić information content (AvgIpc) is 2.97. The van der Waals surface area contributed by atoms with Crippen LogP contribution in [0.1, 0.15) is 12.0 Å². The molecule has 3 aliphatic rings. The van der Waals surface area contributed by atoms with Crippen LogP contribution < -0.4 is 5.32 Å². The fourth-order valence-corrected chi connectivity index (χ4v) is 5.17. The third-order valence-electron chi connectivity index (χ3n) is 6.15. The zero-order valence-electron chi connectivity index (χ0n) is 14.2. The lowest BCUT2D eigenvalue weighted by molar-refractivity contribution is 0.847. The molecule has 2 nitrogen and oxygen atoms in total. The van der Waals surface area contributed by atoms with Gasteiger partial charge in [0, 0.05) is 21.9 Å². The molecule has 0 saturated carbocycles. The second-order valence-corrected chi connectivity index (χ2v) is 7.42. The number of benzene rings is 3. The van der Waals surface area contributed by atoms with Crippen molar-refractivity contribution in [3.05, 3.63) is 78.4 Å². The summed E-state index contributed by atoms with van der Waals surface area (Å²) in [6.07, 6.45) is 5.66. The van der Waals surface area contributed by atoms with Gasteiger partial charge in [-0.25, -0.2) is 0 Å². The van der Waals surface area contributed by atoms with E-state index in [2.05, 4.69) is 82.7 Å². The van der Waals surface area contributed by atoms with Crippen LogP contribution in [-0.4, -0.2) is 10.6 Å². The molecule has 122 valence electrons. The molecular weight excluding hydrogens is 316 g/mol. The van der Waals surface area contributed by atoms with E-state index < -0.39 is 0 Å². The molecule has 0 saturated heterocycles. The second kappa shape index (κ2) is 4.28. The van der Waals surface area contributed by atoms with Gasteiger partial charge in [0.25, 0.3) is 0 Å². The van der Waals surface area contributed by atoms with Crippen molar-refractivity contribution in [1.29, 1.82) is 0 Å². The van der Waals surface area contributed by atoms with Crippen molar-refractivity contribution in [1.82, 2.24) is 4.57 Å². The van der Waals surface area contributed by atoms with Gasteiger partial charge in [-0.1, -0.05) is 66.7 Å². The van der Waals surface area contributed by atoms with E-state index in [9.17, 15) is 0 Å². The number of para-hydroxylation sites is 2. The second-order valence-electron chi connectivity index (χ2n) is 7.42. The molecular formula is C24H16N2. The molecule has 0 radical (unpaired) electrons. The summed E-state index contributed by atoms with van der Waals surface area (Å²) in [7, 11) is 0. The SMILES string of the molecule is C1=CC2=C3C(C1)Nc1cccc4c5cccc(c5n3c14)-c1ccccc12. The van der Waals surface area contributed by atoms with Crippen molar-refractivity contribution in [3.8, 4) is 11.1 Å². The molecule has 1 aliphatic carbocycles. The van der Waals surface area contributed by atoms with E-state index in [1.165, 1.54) is 55.5 Å². The molecule has 26 heavy (non-hydrogen) atoms. The van der Waals surface area contributed by atoms with Gasteiger partial charge in [0.1, 0.15) is 0 Å². The van der Waals surface area contributed by atoms with Gasteiger partial charge in [-0.05, 0) is 23.6 Å². The lowest BCUT2D eigenvalue weighted by Gasteiger charge is -2.33. The maximum Gasteiger partial charge on any atom is 0.0771 e. The number of fused-ring (bicyclic) bond motifs is 4. The third-order valence-corrected chi connectivity index (χ3v) is 6.15. The molecule has 2 aliphatic heterocycles. The minimum atomic E-state index is 0.322. The molecule has 0 amide bonds. The number of hydrogen-bond acceptors (Lipinski definition) is 1. The van der Waals surface area contributed by atoms with E-state index in [1.54, 1.807) is 0 Å². The Morgan fingerprint density at radius 2 is 1.54 bits per heavy atom. The van der Waals surface area contributed by atoms with Crippen molar-refractivity contribution < 1.29 is 0 Å². The first-order valence-corrected chi connectivity index (χ1v) is 9.25. The average molecular weight is 332 g/mol. The number of anilines is 1. The Balaban J connectivity index is 1.86. The third kappa shape index (κ3) is 1.34. The highest BCUT2D eigenvalue weighted by Gasteiger charge is 2.34. The molecule has 3 aromatic carbocycles. The molecule has 1 aromatic heterocycles. The normalized spacial score (nSPS) is 19.0. The Hall–Kier alpha value is -3.26. The standard InChI is InChI=1S/C24H16N2/c1-2-7-15-14(6-1)16-8-3-9-18-19-11-5-13-21-24(19)26(22(16)18)23-17(15)10-4-12-20(23)25-21/h1-11,13,20,25H,12H2. The highest BCUT2D eigenvalue weighted by Crippen LogP contribution is 2.50.